The number of aromatic nitrogens is 1. The van der Waals surface area contributed by atoms with Crippen LogP contribution in [0.3, 0.4) is 0 Å². The highest BCUT2D eigenvalue weighted by atomic mass is 16.5. The van der Waals surface area contributed by atoms with E-state index in [1.54, 1.807) is 6.92 Å². The van der Waals surface area contributed by atoms with Crippen molar-refractivity contribution in [3.63, 3.8) is 0 Å². The van der Waals surface area contributed by atoms with Gasteiger partial charge in [-0.3, -0.25) is 14.5 Å². The molecular formula is C20H24N2O3. The summed E-state index contributed by atoms with van der Waals surface area (Å²) in [6.45, 7) is 5.33. The first kappa shape index (κ1) is 16.3. The van der Waals surface area contributed by atoms with Crippen molar-refractivity contribution in [3.05, 3.63) is 35.5 Å². The maximum atomic E-state index is 13.0. The van der Waals surface area contributed by atoms with Crippen LogP contribution in [0.15, 0.2) is 24.3 Å². The molecule has 3 heterocycles. The number of hydrogen-bond acceptors (Lipinski definition) is 4. The quantitative estimate of drug-likeness (QED) is 0.689. The van der Waals surface area contributed by atoms with E-state index >= 15 is 0 Å². The number of piperidine rings is 1. The van der Waals surface area contributed by atoms with Crippen molar-refractivity contribution in [1.29, 1.82) is 0 Å². The van der Waals surface area contributed by atoms with Gasteiger partial charge >= 0.3 is 5.97 Å². The Hall–Kier alpha value is -2.14. The molecule has 1 aromatic carbocycles. The standard InChI is InChI=1S/C20H24N2O3/c1-3-20(19(24)25-4-2)12-22-10-9-14-13-7-5-6-8-15(13)21-18(14)16(22)11-17(20)23/h5-8,16,21H,3-4,9-12H2,1-2H3/t16-,20+/m1/s1. The Morgan fingerprint density at radius 1 is 1.36 bits per heavy atom. The van der Waals surface area contributed by atoms with Gasteiger partial charge in [-0.2, -0.15) is 0 Å². The molecule has 132 valence electrons. The van der Waals surface area contributed by atoms with E-state index in [1.165, 1.54) is 10.9 Å². The summed E-state index contributed by atoms with van der Waals surface area (Å²) in [6.07, 6.45) is 1.80. The predicted molar refractivity (Wildman–Crippen MR) is 95.3 cm³/mol. The van der Waals surface area contributed by atoms with Gasteiger partial charge in [0, 0.05) is 36.1 Å². The van der Waals surface area contributed by atoms with Crippen molar-refractivity contribution in [2.24, 2.45) is 5.41 Å². The number of nitrogens with one attached hydrogen (secondary N) is 1. The minimum atomic E-state index is -1.00. The van der Waals surface area contributed by atoms with E-state index < -0.39 is 5.41 Å². The fourth-order valence-corrected chi connectivity index (χ4v) is 4.50. The highest BCUT2D eigenvalue weighted by Crippen LogP contribution is 2.44. The van der Waals surface area contributed by atoms with Crippen LogP contribution in [0.5, 0.6) is 0 Å². The Labute approximate surface area is 147 Å². The summed E-state index contributed by atoms with van der Waals surface area (Å²) in [7, 11) is 0. The van der Waals surface area contributed by atoms with Gasteiger partial charge in [0.25, 0.3) is 0 Å². The molecule has 0 aliphatic carbocycles. The van der Waals surface area contributed by atoms with Gasteiger partial charge in [0.1, 0.15) is 5.41 Å². The molecule has 2 aliphatic heterocycles. The summed E-state index contributed by atoms with van der Waals surface area (Å²) in [6, 6.07) is 8.34. The smallest absolute Gasteiger partial charge is 0.320 e. The van der Waals surface area contributed by atoms with Gasteiger partial charge in [-0.1, -0.05) is 25.1 Å². The molecule has 0 bridgehead atoms. The van der Waals surface area contributed by atoms with Crippen molar-refractivity contribution in [1.82, 2.24) is 9.88 Å². The average molecular weight is 340 g/mol. The molecule has 5 heteroatoms. The van der Waals surface area contributed by atoms with Crippen LogP contribution in [-0.4, -0.2) is 41.3 Å². The third-order valence-corrected chi connectivity index (χ3v) is 5.92. The second-order valence-electron chi connectivity index (χ2n) is 7.08. The van der Waals surface area contributed by atoms with Crippen molar-refractivity contribution >= 4 is 22.7 Å². The lowest BCUT2D eigenvalue weighted by Crippen LogP contribution is -2.56. The fraction of sp³-hybridized carbons (Fsp3) is 0.500. The summed E-state index contributed by atoms with van der Waals surface area (Å²) in [5.41, 5.74) is 2.59. The monoisotopic (exact) mass is 340 g/mol. The van der Waals surface area contributed by atoms with E-state index in [0.717, 1.165) is 24.2 Å². The third-order valence-electron chi connectivity index (χ3n) is 5.92. The Bertz CT molecular complexity index is 841. The van der Waals surface area contributed by atoms with Crippen LogP contribution in [0.4, 0.5) is 0 Å². The summed E-state index contributed by atoms with van der Waals surface area (Å²) >= 11 is 0. The Morgan fingerprint density at radius 2 is 2.16 bits per heavy atom. The van der Waals surface area contributed by atoms with E-state index in [0.29, 0.717) is 26.0 Å². The highest BCUT2D eigenvalue weighted by molar-refractivity contribution is 6.05. The molecule has 0 unspecified atom stereocenters. The minimum Gasteiger partial charge on any atom is -0.465 e. The van der Waals surface area contributed by atoms with Gasteiger partial charge in [-0.15, -0.1) is 0 Å². The summed E-state index contributed by atoms with van der Waals surface area (Å²) < 4.78 is 5.25. The van der Waals surface area contributed by atoms with Crippen LogP contribution in [-0.2, 0) is 20.7 Å². The number of esters is 1. The number of benzene rings is 1. The number of carbonyl (C=O) groups excluding carboxylic acids is 2. The number of aromatic amines is 1. The molecule has 1 saturated heterocycles. The summed E-state index contributed by atoms with van der Waals surface area (Å²) in [4.78, 5) is 31.4. The minimum absolute atomic E-state index is 0.0150. The molecule has 0 radical (unpaired) electrons. The highest BCUT2D eigenvalue weighted by Gasteiger charge is 2.53. The Balaban J connectivity index is 1.71. The fourth-order valence-electron chi connectivity index (χ4n) is 4.50. The SMILES string of the molecule is CCOC(=O)[C@@]1(CC)CN2CCc3c([nH]c4ccccc34)[C@H]2CC1=O. The zero-order valence-corrected chi connectivity index (χ0v) is 14.8. The largest absolute Gasteiger partial charge is 0.465 e. The normalized spacial score (nSPS) is 26.3. The van der Waals surface area contributed by atoms with Crippen LogP contribution >= 0.6 is 0 Å². The van der Waals surface area contributed by atoms with Crippen molar-refractivity contribution < 1.29 is 14.3 Å². The zero-order valence-electron chi connectivity index (χ0n) is 14.8. The van der Waals surface area contributed by atoms with E-state index in [4.69, 9.17) is 4.74 Å². The van der Waals surface area contributed by atoms with Crippen LogP contribution < -0.4 is 0 Å². The molecule has 2 aromatic rings. The van der Waals surface area contributed by atoms with Crippen LogP contribution in [0.25, 0.3) is 10.9 Å². The molecule has 4 rings (SSSR count). The van der Waals surface area contributed by atoms with Crippen molar-refractivity contribution in [3.8, 4) is 0 Å². The van der Waals surface area contributed by atoms with Gasteiger partial charge in [0.05, 0.1) is 12.6 Å². The molecular weight excluding hydrogens is 316 g/mol. The molecule has 2 atom stereocenters. The molecule has 1 aromatic heterocycles. The number of ether oxygens (including phenoxy) is 1. The maximum Gasteiger partial charge on any atom is 0.320 e. The Kier molecular flexibility index (Phi) is 3.91. The summed E-state index contributed by atoms with van der Waals surface area (Å²) in [5, 5.41) is 1.25. The van der Waals surface area contributed by atoms with Crippen molar-refractivity contribution in [2.75, 3.05) is 19.7 Å². The van der Waals surface area contributed by atoms with E-state index in [-0.39, 0.29) is 17.8 Å². The second-order valence-corrected chi connectivity index (χ2v) is 7.08. The lowest BCUT2D eigenvalue weighted by atomic mass is 9.72. The number of carbonyl (C=O) groups is 2. The van der Waals surface area contributed by atoms with E-state index in [9.17, 15) is 9.59 Å². The second kappa shape index (κ2) is 5.99. The number of para-hydroxylation sites is 1. The first-order chi connectivity index (χ1) is 12.1. The van der Waals surface area contributed by atoms with Gasteiger partial charge in [-0.05, 0) is 31.4 Å². The lowest BCUT2D eigenvalue weighted by Gasteiger charge is -2.46. The van der Waals surface area contributed by atoms with Crippen LogP contribution in [0.1, 0.15) is 44.0 Å². The first-order valence-corrected chi connectivity index (χ1v) is 9.14. The Morgan fingerprint density at radius 3 is 2.92 bits per heavy atom. The number of nitrogens with zero attached hydrogens (tertiary/aromatic N) is 1. The van der Waals surface area contributed by atoms with Gasteiger partial charge in [-0.25, -0.2) is 0 Å². The third kappa shape index (κ3) is 2.33. The number of rotatable bonds is 3. The molecule has 0 saturated carbocycles. The van der Waals surface area contributed by atoms with Gasteiger partial charge in [0.2, 0.25) is 0 Å². The van der Waals surface area contributed by atoms with Crippen LogP contribution in [0, 0.1) is 5.41 Å². The first-order valence-electron chi connectivity index (χ1n) is 9.14. The number of H-pyrrole nitrogens is 1. The molecule has 1 fully saturated rings. The average Bonchev–Trinajstić information content (AvgIpc) is 3.00. The van der Waals surface area contributed by atoms with E-state index in [1.807, 2.05) is 13.0 Å². The predicted octanol–water partition coefficient (Wildman–Crippen LogP) is 3.00. The van der Waals surface area contributed by atoms with Gasteiger partial charge < -0.3 is 9.72 Å². The number of fused-ring (bicyclic) bond motifs is 5. The topological polar surface area (TPSA) is 62.4 Å². The summed E-state index contributed by atoms with van der Waals surface area (Å²) in [5.74, 6) is -0.343. The number of Topliss-reactive ketones (excluding diaryl/α,β-unsaturated/α-hetero) is 1. The molecule has 0 spiro atoms. The molecule has 25 heavy (non-hydrogen) atoms. The number of ketones is 1. The van der Waals surface area contributed by atoms with Crippen LogP contribution in [0.2, 0.25) is 0 Å². The zero-order chi connectivity index (χ0) is 17.6. The van der Waals surface area contributed by atoms with E-state index in [2.05, 4.69) is 28.1 Å². The molecule has 1 N–H and O–H groups in total. The molecule has 5 nitrogen and oxygen atoms in total. The van der Waals surface area contributed by atoms with Crippen molar-refractivity contribution in [2.45, 2.75) is 39.2 Å². The molecule has 2 aliphatic rings. The lowest BCUT2D eigenvalue weighted by molar-refractivity contribution is -0.166. The number of hydrogen-bond donors (Lipinski definition) is 1. The maximum absolute atomic E-state index is 13.0. The molecule has 0 amide bonds. The van der Waals surface area contributed by atoms with Gasteiger partial charge in [0.15, 0.2) is 5.78 Å².